The first kappa shape index (κ1) is 15.6. The minimum absolute atomic E-state index is 0.0197. The lowest BCUT2D eigenvalue weighted by molar-refractivity contribution is -0.139. The number of hydrogen-bond donors (Lipinski definition) is 0. The van der Waals surface area contributed by atoms with Gasteiger partial charge in [-0.15, -0.1) is 11.3 Å². The normalized spacial score (nSPS) is 10.5. The van der Waals surface area contributed by atoms with Crippen LogP contribution >= 0.6 is 22.9 Å². The molecule has 7 heteroatoms. The van der Waals surface area contributed by atoms with Crippen LogP contribution in [-0.2, 0) is 16.0 Å². The van der Waals surface area contributed by atoms with Gasteiger partial charge in [0.25, 0.3) is 0 Å². The molecule has 0 radical (unpaired) electrons. The molecule has 0 unspecified atom stereocenters. The highest BCUT2D eigenvalue weighted by molar-refractivity contribution is 7.14. The van der Waals surface area contributed by atoms with E-state index in [4.69, 9.17) is 11.6 Å². The number of benzene rings is 1. The van der Waals surface area contributed by atoms with Crippen molar-refractivity contribution in [3.05, 3.63) is 56.2 Å². The molecule has 0 saturated carbocycles. The lowest BCUT2D eigenvalue weighted by Gasteiger charge is -2.02. The average molecular weight is 331 g/mol. The van der Waals surface area contributed by atoms with Gasteiger partial charge in [0.2, 0.25) is 5.78 Å². The fourth-order valence-electron chi connectivity index (χ4n) is 1.64. The zero-order valence-electron chi connectivity index (χ0n) is 10.8. The van der Waals surface area contributed by atoms with E-state index in [1.54, 1.807) is 6.07 Å². The largest absolute Gasteiger partial charge is 0.469 e. The van der Waals surface area contributed by atoms with Crippen molar-refractivity contribution in [3.8, 4) is 0 Å². The van der Waals surface area contributed by atoms with Gasteiger partial charge in [0.05, 0.1) is 29.0 Å². The third kappa shape index (κ3) is 3.46. The third-order valence-corrected chi connectivity index (χ3v) is 4.06. The maximum Gasteiger partial charge on any atom is 0.310 e. The van der Waals surface area contributed by atoms with Crippen LogP contribution in [0.4, 0.5) is 8.78 Å². The number of methoxy groups -OCH3 is 1. The lowest BCUT2D eigenvalue weighted by atomic mass is 10.1. The summed E-state index contributed by atoms with van der Waals surface area (Å²) >= 11 is 6.46. The van der Waals surface area contributed by atoms with Gasteiger partial charge < -0.3 is 4.74 Å². The van der Waals surface area contributed by atoms with Crippen LogP contribution in [0.5, 0.6) is 0 Å². The Bertz CT molecular complexity index is 712. The fraction of sp³-hybridized carbons (Fsp3) is 0.143. The molecule has 0 saturated heterocycles. The molecule has 2 rings (SSSR count). The van der Waals surface area contributed by atoms with Crippen molar-refractivity contribution in [2.24, 2.45) is 0 Å². The molecule has 110 valence electrons. The minimum Gasteiger partial charge on any atom is -0.469 e. The Balaban J connectivity index is 2.28. The number of hydrogen-bond acceptors (Lipinski definition) is 4. The molecule has 1 aromatic carbocycles. The summed E-state index contributed by atoms with van der Waals surface area (Å²) in [5.41, 5.74) is -0.400. The molecule has 0 atom stereocenters. The van der Waals surface area contributed by atoms with Crippen LogP contribution in [0.15, 0.2) is 24.3 Å². The highest BCUT2D eigenvalue weighted by atomic mass is 35.5. The van der Waals surface area contributed by atoms with Gasteiger partial charge in [0.1, 0.15) is 11.6 Å². The van der Waals surface area contributed by atoms with Crippen LogP contribution in [0, 0.1) is 11.6 Å². The molecule has 0 aliphatic heterocycles. The molecule has 21 heavy (non-hydrogen) atoms. The number of carbonyl (C=O) groups is 2. The fourth-order valence-corrected chi connectivity index (χ4v) is 2.74. The molecule has 0 aliphatic carbocycles. The maximum atomic E-state index is 13.7. The van der Waals surface area contributed by atoms with Crippen LogP contribution < -0.4 is 0 Å². The molecule has 1 heterocycles. The monoisotopic (exact) mass is 330 g/mol. The number of ether oxygens (including phenoxy) is 1. The number of thiophene rings is 1. The lowest BCUT2D eigenvalue weighted by Crippen LogP contribution is -2.04. The second-order valence-electron chi connectivity index (χ2n) is 4.09. The SMILES string of the molecule is COC(=O)Cc1ccc(C(=O)c2cc(F)c(Cl)cc2F)s1. The van der Waals surface area contributed by atoms with Crippen LogP contribution in [-0.4, -0.2) is 18.9 Å². The standard InChI is InChI=1S/C14H9ClF2O3S/c1-20-13(18)4-7-2-3-12(21-7)14(19)8-5-11(17)9(15)6-10(8)16/h2-3,5-6H,4H2,1H3. The maximum absolute atomic E-state index is 13.7. The van der Waals surface area contributed by atoms with E-state index in [1.807, 2.05) is 0 Å². The van der Waals surface area contributed by atoms with E-state index >= 15 is 0 Å². The van der Waals surface area contributed by atoms with Crippen molar-refractivity contribution < 1.29 is 23.1 Å². The Hall–Kier alpha value is -1.79. The van der Waals surface area contributed by atoms with Gasteiger partial charge in [0.15, 0.2) is 0 Å². The predicted molar refractivity (Wildman–Crippen MR) is 74.8 cm³/mol. The molecule has 0 fully saturated rings. The van der Waals surface area contributed by atoms with Crippen LogP contribution in [0.3, 0.4) is 0 Å². The summed E-state index contributed by atoms with van der Waals surface area (Å²) < 4.78 is 31.6. The summed E-state index contributed by atoms with van der Waals surface area (Å²) in [7, 11) is 1.26. The summed E-state index contributed by atoms with van der Waals surface area (Å²) in [6.07, 6.45) is 0.0197. The Morgan fingerprint density at radius 3 is 2.62 bits per heavy atom. The summed E-state index contributed by atoms with van der Waals surface area (Å²) in [4.78, 5) is 24.1. The number of rotatable bonds is 4. The molecule has 3 nitrogen and oxygen atoms in total. The van der Waals surface area contributed by atoms with Gasteiger partial charge >= 0.3 is 5.97 Å². The summed E-state index contributed by atoms with van der Waals surface area (Å²) in [5, 5.41) is -0.387. The van der Waals surface area contributed by atoms with Crippen molar-refractivity contribution in [2.45, 2.75) is 6.42 Å². The smallest absolute Gasteiger partial charge is 0.310 e. The highest BCUT2D eigenvalue weighted by Gasteiger charge is 2.19. The minimum atomic E-state index is -0.894. The molecule has 0 N–H and O–H groups in total. The summed E-state index contributed by atoms with van der Waals surface area (Å²) in [5.74, 6) is -2.87. The highest BCUT2D eigenvalue weighted by Crippen LogP contribution is 2.25. The Morgan fingerprint density at radius 2 is 1.95 bits per heavy atom. The van der Waals surface area contributed by atoms with E-state index in [0.717, 1.165) is 23.5 Å². The molecule has 0 bridgehead atoms. The van der Waals surface area contributed by atoms with E-state index in [-0.39, 0.29) is 16.3 Å². The molecule has 2 aromatic rings. The van der Waals surface area contributed by atoms with Crippen molar-refractivity contribution in [1.29, 1.82) is 0 Å². The Kier molecular flexibility index (Phi) is 4.69. The molecule has 0 aliphatic rings. The Labute approximate surface area is 128 Å². The van der Waals surface area contributed by atoms with E-state index in [2.05, 4.69) is 4.74 Å². The van der Waals surface area contributed by atoms with E-state index in [1.165, 1.54) is 13.2 Å². The molecule has 0 spiro atoms. The van der Waals surface area contributed by atoms with Gasteiger partial charge in [-0.1, -0.05) is 11.6 Å². The van der Waals surface area contributed by atoms with Crippen LogP contribution in [0.1, 0.15) is 20.1 Å². The first-order valence-electron chi connectivity index (χ1n) is 5.77. The van der Waals surface area contributed by atoms with Gasteiger partial charge in [-0.2, -0.15) is 0 Å². The third-order valence-electron chi connectivity index (χ3n) is 2.69. The van der Waals surface area contributed by atoms with Crippen molar-refractivity contribution >= 4 is 34.7 Å². The van der Waals surface area contributed by atoms with Crippen LogP contribution in [0.2, 0.25) is 5.02 Å². The zero-order chi connectivity index (χ0) is 15.6. The van der Waals surface area contributed by atoms with Crippen molar-refractivity contribution in [1.82, 2.24) is 0 Å². The van der Waals surface area contributed by atoms with E-state index in [9.17, 15) is 18.4 Å². The first-order chi connectivity index (χ1) is 9.92. The van der Waals surface area contributed by atoms with E-state index in [0.29, 0.717) is 4.88 Å². The molecular weight excluding hydrogens is 322 g/mol. The number of esters is 1. The van der Waals surface area contributed by atoms with Gasteiger partial charge in [-0.3, -0.25) is 9.59 Å². The van der Waals surface area contributed by atoms with Gasteiger partial charge in [-0.25, -0.2) is 8.78 Å². The van der Waals surface area contributed by atoms with E-state index < -0.39 is 29.0 Å². The van der Waals surface area contributed by atoms with Gasteiger partial charge in [-0.05, 0) is 24.3 Å². The van der Waals surface area contributed by atoms with Crippen molar-refractivity contribution in [2.75, 3.05) is 7.11 Å². The number of ketones is 1. The second kappa shape index (κ2) is 6.32. The topological polar surface area (TPSA) is 43.4 Å². The second-order valence-corrected chi connectivity index (χ2v) is 5.67. The average Bonchev–Trinajstić information content (AvgIpc) is 2.90. The zero-order valence-corrected chi connectivity index (χ0v) is 12.4. The Morgan fingerprint density at radius 1 is 1.24 bits per heavy atom. The quantitative estimate of drug-likeness (QED) is 0.488. The van der Waals surface area contributed by atoms with Crippen molar-refractivity contribution in [3.63, 3.8) is 0 Å². The molecule has 0 amide bonds. The number of carbonyl (C=O) groups excluding carboxylic acids is 2. The van der Waals surface area contributed by atoms with Gasteiger partial charge in [0, 0.05) is 4.88 Å². The predicted octanol–water partition coefficient (Wildman–Crippen LogP) is 3.63. The molecule has 1 aromatic heterocycles. The van der Waals surface area contributed by atoms with Crippen LogP contribution in [0.25, 0.3) is 0 Å². The number of halogens is 3. The summed E-state index contributed by atoms with van der Waals surface area (Å²) in [6.45, 7) is 0. The summed E-state index contributed by atoms with van der Waals surface area (Å²) in [6, 6.07) is 4.54. The molecular formula is C14H9ClF2O3S. The first-order valence-corrected chi connectivity index (χ1v) is 6.96.